The molecule has 0 saturated carbocycles. The van der Waals surface area contributed by atoms with Crippen LogP contribution in [0.15, 0.2) is 36.4 Å². The minimum absolute atomic E-state index is 0.0785. The Kier molecular flexibility index (Phi) is 7.18. The van der Waals surface area contributed by atoms with Crippen LogP contribution in [0.4, 0.5) is 5.69 Å². The van der Waals surface area contributed by atoms with Crippen molar-refractivity contribution in [1.82, 2.24) is 0 Å². The number of ether oxygens (including phenoxy) is 2. The van der Waals surface area contributed by atoms with E-state index in [1.165, 1.54) is 6.92 Å². The van der Waals surface area contributed by atoms with Gasteiger partial charge in [0.1, 0.15) is 6.54 Å². The molecule has 0 bridgehead atoms. The lowest BCUT2D eigenvalue weighted by Crippen LogP contribution is -3.12. The molecule has 0 aromatic heterocycles. The Morgan fingerprint density at radius 1 is 1.11 bits per heavy atom. The third kappa shape index (κ3) is 4.89. The molecule has 2 atom stereocenters. The number of hydrogen-bond donors (Lipinski definition) is 2. The number of ketones is 1. The van der Waals surface area contributed by atoms with Gasteiger partial charge in [0.15, 0.2) is 23.3 Å². The highest BCUT2D eigenvalue weighted by Gasteiger charge is 2.24. The summed E-state index contributed by atoms with van der Waals surface area (Å²) in [4.78, 5) is 25.5. The fourth-order valence-corrected chi connectivity index (χ4v) is 3.03. The Morgan fingerprint density at radius 2 is 1.71 bits per heavy atom. The van der Waals surface area contributed by atoms with Gasteiger partial charge in [0, 0.05) is 11.1 Å². The van der Waals surface area contributed by atoms with Crippen molar-refractivity contribution in [3.63, 3.8) is 0 Å². The lowest BCUT2D eigenvalue weighted by atomic mass is 10.1. The maximum Gasteiger partial charge on any atom is 0.282 e. The van der Waals surface area contributed by atoms with Crippen LogP contribution in [-0.2, 0) is 11.3 Å². The van der Waals surface area contributed by atoms with Gasteiger partial charge in [-0.15, -0.1) is 0 Å². The number of hydrogen-bond acceptors (Lipinski definition) is 4. The van der Waals surface area contributed by atoms with Crippen LogP contribution in [0.2, 0.25) is 0 Å². The number of benzene rings is 2. The molecule has 2 aromatic carbocycles. The van der Waals surface area contributed by atoms with Crippen molar-refractivity contribution in [3.8, 4) is 11.5 Å². The molecule has 0 saturated heterocycles. The molecule has 0 aliphatic rings. The Hall–Kier alpha value is -2.86. The molecule has 1 unspecified atom stereocenters. The zero-order valence-electron chi connectivity index (χ0n) is 17.4. The van der Waals surface area contributed by atoms with Gasteiger partial charge in [-0.05, 0) is 50.6 Å². The predicted octanol–water partition coefficient (Wildman–Crippen LogP) is 2.26. The lowest BCUT2D eigenvalue weighted by molar-refractivity contribution is -0.907. The zero-order valence-corrected chi connectivity index (χ0v) is 17.4. The highest BCUT2D eigenvalue weighted by atomic mass is 16.5. The van der Waals surface area contributed by atoms with Gasteiger partial charge >= 0.3 is 0 Å². The van der Waals surface area contributed by atoms with E-state index in [4.69, 9.17) is 9.47 Å². The number of quaternary nitrogens is 1. The minimum atomic E-state index is -0.312. The van der Waals surface area contributed by atoms with Gasteiger partial charge < -0.3 is 19.7 Å². The van der Waals surface area contributed by atoms with Crippen molar-refractivity contribution in [2.75, 3.05) is 26.6 Å². The molecule has 0 spiro atoms. The van der Waals surface area contributed by atoms with Crippen molar-refractivity contribution in [2.45, 2.75) is 33.4 Å². The Balaban J connectivity index is 2.14. The largest absolute Gasteiger partial charge is 0.493 e. The molecule has 6 nitrogen and oxygen atoms in total. The SMILES string of the molecule is COc1cc(C)c(C[NH+](C)[C@H](C)C(=O)Nc2ccccc2C(C)=O)cc1OC. The maximum atomic E-state index is 12.7. The number of nitrogens with one attached hydrogen (secondary N) is 2. The van der Waals surface area contributed by atoms with E-state index in [1.807, 2.05) is 33.0 Å². The third-order valence-corrected chi connectivity index (χ3v) is 5.01. The van der Waals surface area contributed by atoms with Crippen LogP contribution in [0, 0.1) is 6.92 Å². The molecule has 1 amide bonds. The molecule has 150 valence electrons. The zero-order chi connectivity index (χ0) is 20.8. The van der Waals surface area contributed by atoms with Crippen LogP contribution in [0.5, 0.6) is 11.5 Å². The van der Waals surface area contributed by atoms with Gasteiger partial charge in [-0.3, -0.25) is 9.59 Å². The van der Waals surface area contributed by atoms with Crippen LogP contribution in [0.25, 0.3) is 0 Å². The molecule has 0 aliphatic carbocycles. The van der Waals surface area contributed by atoms with Crippen LogP contribution < -0.4 is 19.7 Å². The number of carbonyl (C=O) groups is 2. The number of rotatable bonds is 8. The standard InChI is InChI=1S/C22H28N2O4/c1-14-11-20(27-5)21(28-6)12-17(14)13-24(4)15(2)22(26)23-19-10-8-7-9-18(19)16(3)25/h7-12,15H,13H2,1-6H3,(H,23,26)/p+1/t15-/m1/s1. The smallest absolute Gasteiger partial charge is 0.282 e. The summed E-state index contributed by atoms with van der Waals surface area (Å²) in [5.41, 5.74) is 3.21. The Labute approximate surface area is 166 Å². The summed E-state index contributed by atoms with van der Waals surface area (Å²) in [5, 5.41) is 2.89. The quantitative estimate of drug-likeness (QED) is 0.684. The van der Waals surface area contributed by atoms with Crippen molar-refractivity contribution in [1.29, 1.82) is 0 Å². The van der Waals surface area contributed by atoms with E-state index in [1.54, 1.807) is 38.5 Å². The number of carbonyl (C=O) groups excluding carboxylic acids is 2. The molecule has 2 N–H and O–H groups in total. The molecule has 0 radical (unpaired) electrons. The molecule has 0 fully saturated rings. The first-order valence-corrected chi connectivity index (χ1v) is 9.23. The van der Waals surface area contributed by atoms with Crippen molar-refractivity contribution in [2.24, 2.45) is 0 Å². The summed E-state index contributed by atoms with van der Waals surface area (Å²) in [7, 11) is 5.19. The van der Waals surface area contributed by atoms with Gasteiger partial charge in [0.05, 0.1) is 27.0 Å². The molecule has 2 aromatic rings. The number of amides is 1. The van der Waals surface area contributed by atoms with E-state index >= 15 is 0 Å². The Bertz CT molecular complexity index is 864. The first kappa shape index (κ1) is 21.4. The second kappa shape index (κ2) is 9.37. The summed E-state index contributed by atoms with van der Waals surface area (Å²) in [6.07, 6.45) is 0. The van der Waals surface area contributed by atoms with Crippen molar-refractivity contribution in [3.05, 3.63) is 53.1 Å². The van der Waals surface area contributed by atoms with Gasteiger partial charge in [-0.2, -0.15) is 0 Å². The summed E-state index contributed by atoms with van der Waals surface area (Å²) >= 11 is 0. The third-order valence-electron chi connectivity index (χ3n) is 5.01. The number of para-hydroxylation sites is 1. The second-order valence-corrected chi connectivity index (χ2v) is 6.97. The molecule has 0 aliphatic heterocycles. The van der Waals surface area contributed by atoms with E-state index < -0.39 is 0 Å². The van der Waals surface area contributed by atoms with Crippen LogP contribution in [0.3, 0.4) is 0 Å². The molecule has 0 heterocycles. The maximum absolute atomic E-state index is 12.7. The molecule has 6 heteroatoms. The number of methoxy groups -OCH3 is 2. The second-order valence-electron chi connectivity index (χ2n) is 6.97. The molecular weight excluding hydrogens is 356 g/mol. The molecular formula is C22H29N2O4+. The van der Waals surface area contributed by atoms with Crippen LogP contribution in [0.1, 0.15) is 35.3 Å². The van der Waals surface area contributed by atoms with E-state index in [0.717, 1.165) is 16.0 Å². The summed E-state index contributed by atoms with van der Waals surface area (Å²) in [5.74, 6) is 1.14. The van der Waals surface area contributed by atoms with Gasteiger partial charge in [0.2, 0.25) is 0 Å². The Morgan fingerprint density at radius 3 is 2.32 bits per heavy atom. The number of likely N-dealkylation sites (N-methyl/N-ethyl adjacent to an activating group) is 1. The van der Waals surface area contributed by atoms with E-state index in [2.05, 4.69) is 5.32 Å². The first-order chi connectivity index (χ1) is 13.3. The minimum Gasteiger partial charge on any atom is -0.493 e. The van der Waals surface area contributed by atoms with Crippen molar-refractivity contribution < 1.29 is 24.0 Å². The van der Waals surface area contributed by atoms with E-state index in [0.29, 0.717) is 29.3 Å². The van der Waals surface area contributed by atoms with Gasteiger partial charge in [-0.25, -0.2) is 0 Å². The first-order valence-electron chi connectivity index (χ1n) is 9.23. The fraction of sp³-hybridized carbons (Fsp3) is 0.364. The van der Waals surface area contributed by atoms with Gasteiger partial charge in [0.25, 0.3) is 5.91 Å². The number of Topliss-reactive ketones (excluding diaryl/α,β-unsaturated/α-hetero) is 1. The van der Waals surface area contributed by atoms with Crippen LogP contribution >= 0.6 is 0 Å². The molecule has 28 heavy (non-hydrogen) atoms. The van der Waals surface area contributed by atoms with Gasteiger partial charge in [-0.1, -0.05) is 12.1 Å². The normalized spacial score (nSPS) is 12.8. The summed E-state index contributed by atoms with van der Waals surface area (Å²) in [6.45, 7) is 6.02. The van der Waals surface area contributed by atoms with E-state index in [-0.39, 0.29) is 17.7 Å². The summed E-state index contributed by atoms with van der Waals surface area (Å²) < 4.78 is 10.7. The molecule has 2 rings (SSSR count). The monoisotopic (exact) mass is 385 g/mol. The highest BCUT2D eigenvalue weighted by molar-refractivity contribution is 6.04. The average molecular weight is 385 g/mol. The highest BCUT2D eigenvalue weighted by Crippen LogP contribution is 2.29. The lowest BCUT2D eigenvalue weighted by Gasteiger charge is -2.23. The summed E-state index contributed by atoms with van der Waals surface area (Å²) in [6, 6.07) is 10.6. The number of aryl methyl sites for hydroxylation is 1. The predicted molar refractivity (Wildman–Crippen MR) is 109 cm³/mol. The number of anilines is 1. The van der Waals surface area contributed by atoms with Crippen LogP contribution in [-0.4, -0.2) is 39.0 Å². The topological polar surface area (TPSA) is 69.1 Å². The van der Waals surface area contributed by atoms with Crippen molar-refractivity contribution >= 4 is 17.4 Å². The average Bonchev–Trinajstić information content (AvgIpc) is 2.68. The fourth-order valence-electron chi connectivity index (χ4n) is 3.03. The van der Waals surface area contributed by atoms with E-state index in [9.17, 15) is 9.59 Å².